The first kappa shape index (κ1) is 13.9. The van der Waals surface area contributed by atoms with Gasteiger partial charge in [-0.2, -0.15) is 0 Å². The van der Waals surface area contributed by atoms with E-state index in [2.05, 4.69) is 15.9 Å². The molecule has 2 atom stereocenters. The second-order valence-electron chi connectivity index (χ2n) is 5.69. The first-order valence-corrected chi connectivity index (χ1v) is 6.95. The van der Waals surface area contributed by atoms with Gasteiger partial charge < -0.3 is 5.11 Å². The van der Waals surface area contributed by atoms with Gasteiger partial charge in [0.2, 0.25) is 0 Å². The minimum Gasteiger partial charge on any atom is -0.388 e. The lowest BCUT2D eigenvalue weighted by Gasteiger charge is -2.31. The Hall–Kier alpha value is -0.480. The topological polar surface area (TPSA) is 20.2 Å². The molecule has 0 spiro atoms. The molecule has 1 saturated carbocycles. The van der Waals surface area contributed by atoms with E-state index in [1.807, 2.05) is 13.8 Å². The lowest BCUT2D eigenvalue weighted by atomic mass is 9.76. The Morgan fingerprint density at radius 3 is 2.61 bits per heavy atom. The number of rotatable bonds is 2. The number of hydrogen-bond donors (Lipinski definition) is 1. The van der Waals surface area contributed by atoms with Crippen LogP contribution in [0.4, 0.5) is 8.78 Å². The summed E-state index contributed by atoms with van der Waals surface area (Å²) in [5.74, 6) is -1.47. The standard InChI is InChI=1S/C14H17BrF2O/c1-14(2)7-3-4-8(14)13(18)11-10(16)6-5-9(15)12(11)17/h5-6,8,13,18H,3-4,7H2,1-2H3. The number of benzene rings is 1. The quantitative estimate of drug-likeness (QED) is 0.791. The highest BCUT2D eigenvalue weighted by Gasteiger charge is 2.41. The molecule has 1 N–H and O–H groups in total. The molecule has 0 amide bonds. The van der Waals surface area contributed by atoms with Gasteiger partial charge in [-0.05, 0) is 52.2 Å². The average Bonchev–Trinajstić information content (AvgIpc) is 2.64. The molecule has 1 aliphatic carbocycles. The van der Waals surface area contributed by atoms with Crippen molar-refractivity contribution >= 4 is 15.9 Å². The average molecular weight is 319 g/mol. The predicted molar refractivity (Wildman–Crippen MR) is 70.1 cm³/mol. The van der Waals surface area contributed by atoms with E-state index in [1.165, 1.54) is 12.1 Å². The van der Waals surface area contributed by atoms with Crippen molar-refractivity contribution in [1.29, 1.82) is 0 Å². The maximum Gasteiger partial charge on any atom is 0.146 e. The third-order valence-corrected chi connectivity index (χ3v) is 4.71. The fourth-order valence-electron chi connectivity index (χ4n) is 2.95. The van der Waals surface area contributed by atoms with Crippen LogP contribution in [0.2, 0.25) is 0 Å². The number of aliphatic hydroxyl groups is 1. The van der Waals surface area contributed by atoms with Crippen LogP contribution in [0.15, 0.2) is 16.6 Å². The maximum atomic E-state index is 14.0. The molecule has 2 unspecified atom stereocenters. The van der Waals surface area contributed by atoms with Crippen molar-refractivity contribution in [2.45, 2.75) is 39.2 Å². The van der Waals surface area contributed by atoms with Crippen molar-refractivity contribution in [1.82, 2.24) is 0 Å². The van der Waals surface area contributed by atoms with Crippen LogP contribution < -0.4 is 0 Å². The molecule has 2 rings (SSSR count). The third kappa shape index (κ3) is 2.32. The molecule has 4 heteroatoms. The highest BCUT2D eigenvalue weighted by molar-refractivity contribution is 9.10. The summed E-state index contributed by atoms with van der Waals surface area (Å²) in [6.45, 7) is 4.09. The summed E-state index contributed by atoms with van der Waals surface area (Å²) in [6, 6.07) is 2.51. The van der Waals surface area contributed by atoms with Crippen LogP contribution in [-0.4, -0.2) is 5.11 Å². The zero-order chi connectivity index (χ0) is 13.5. The smallest absolute Gasteiger partial charge is 0.146 e. The van der Waals surface area contributed by atoms with Gasteiger partial charge in [0, 0.05) is 0 Å². The van der Waals surface area contributed by atoms with Crippen LogP contribution in [0, 0.1) is 23.0 Å². The summed E-state index contributed by atoms with van der Waals surface area (Å²) in [5, 5.41) is 10.3. The van der Waals surface area contributed by atoms with Crippen LogP contribution in [0.25, 0.3) is 0 Å². The van der Waals surface area contributed by atoms with Crippen LogP contribution in [-0.2, 0) is 0 Å². The molecule has 0 heterocycles. The molecule has 0 bridgehead atoms. The molecule has 100 valence electrons. The Labute approximate surface area is 114 Å². The Balaban J connectivity index is 2.40. The monoisotopic (exact) mass is 318 g/mol. The summed E-state index contributed by atoms with van der Waals surface area (Å²) in [5.41, 5.74) is -0.287. The van der Waals surface area contributed by atoms with Gasteiger partial charge >= 0.3 is 0 Å². The van der Waals surface area contributed by atoms with Crippen molar-refractivity contribution in [2.75, 3.05) is 0 Å². The van der Waals surface area contributed by atoms with E-state index >= 15 is 0 Å². The summed E-state index contributed by atoms with van der Waals surface area (Å²) in [6.07, 6.45) is 1.69. The van der Waals surface area contributed by atoms with Crippen LogP contribution in [0.1, 0.15) is 44.8 Å². The van der Waals surface area contributed by atoms with Crippen LogP contribution >= 0.6 is 15.9 Å². The van der Waals surface area contributed by atoms with Crippen LogP contribution in [0.3, 0.4) is 0 Å². The van der Waals surface area contributed by atoms with E-state index in [1.54, 1.807) is 0 Å². The van der Waals surface area contributed by atoms with Gasteiger partial charge in [-0.3, -0.25) is 0 Å². The number of aliphatic hydroxyl groups excluding tert-OH is 1. The summed E-state index contributed by atoms with van der Waals surface area (Å²) < 4.78 is 27.9. The van der Waals surface area contributed by atoms with Gasteiger partial charge in [0.25, 0.3) is 0 Å². The molecule has 1 fully saturated rings. The van der Waals surface area contributed by atoms with E-state index < -0.39 is 17.7 Å². The minimum absolute atomic E-state index is 0.0827. The molecule has 1 aliphatic rings. The van der Waals surface area contributed by atoms with Crippen molar-refractivity contribution in [3.8, 4) is 0 Å². The lowest BCUT2D eigenvalue weighted by molar-refractivity contribution is 0.0475. The highest BCUT2D eigenvalue weighted by Crippen LogP contribution is 2.49. The van der Waals surface area contributed by atoms with E-state index in [0.717, 1.165) is 19.3 Å². The molecule has 1 aromatic carbocycles. The zero-order valence-electron chi connectivity index (χ0n) is 10.5. The molecule has 0 aliphatic heterocycles. The highest BCUT2D eigenvalue weighted by atomic mass is 79.9. The third-order valence-electron chi connectivity index (χ3n) is 4.10. The predicted octanol–water partition coefficient (Wildman–Crippen LogP) is 4.59. The molecule has 1 nitrogen and oxygen atoms in total. The Morgan fingerprint density at radius 1 is 1.39 bits per heavy atom. The van der Waals surface area contributed by atoms with Crippen molar-refractivity contribution in [3.63, 3.8) is 0 Å². The fraction of sp³-hybridized carbons (Fsp3) is 0.571. The normalized spacial score (nSPS) is 24.2. The zero-order valence-corrected chi connectivity index (χ0v) is 12.1. The molecular formula is C14H17BrF2O. The molecule has 18 heavy (non-hydrogen) atoms. The summed E-state index contributed by atoms with van der Waals surface area (Å²) in [4.78, 5) is 0. The van der Waals surface area contributed by atoms with E-state index in [9.17, 15) is 13.9 Å². The van der Waals surface area contributed by atoms with E-state index in [0.29, 0.717) is 0 Å². The fourth-order valence-corrected chi connectivity index (χ4v) is 3.30. The molecule has 1 aromatic rings. The van der Waals surface area contributed by atoms with Crippen molar-refractivity contribution < 1.29 is 13.9 Å². The Bertz CT molecular complexity index is 459. The lowest BCUT2D eigenvalue weighted by Crippen LogP contribution is -2.25. The van der Waals surface area contributed by atoms with Gasteiger partial charge in [0.05, 0.1) is 16.1 Å². The number of hydrogen-bond acceptors (Lipinski definition) is 1. The van der Waals surface area contributed by atoms with Gasteiger partial charge in [-0.15, -0.1) is 0 Å². The van der Waals surface area contributed by atoms with Gasteiger partial charge in [0.15, 0.2) is 0 Å². The second-order valence-corrected chi connectivity index (χ2v) is 6.54. The second kappa shape index (κ2) is 4.89. The molecular weight excluding hydrogens is 302 g/mol. The number of halogens is 3. The largest absolute Gasteiger partial charge is 0.388 e. The van der Waals surface area contributed by atoms with Crippen molar-refractivity contribution in [3.05, 3.63) is 33.8 Å². The first-order chi connectivity index (χ1) is 8.34. The van der Waals surface area contributed by atoms with Crippen molar-refractivity contribution in [2.24, 2.45) is 11.3 Å². The van der Waals surface area contributed by atoms with Gasteiger partial charge in [-0.25, -0.2) is 8.78 Å². The van der Waals surface area contributed by atoms with Crippen LogP contribution in [0.5, 0.6) is 0 Å². The SMILES string of the molecule is CC1(C)CCCC1C(O)c1c(F)ccc(Br)c1F. The molecule has 0 aromatic heterocycles. The first-order valence-electron chi connectivity index (χ1n) is 6.16. The minimum atomic E-state index is -1.08. The van der Waals surface area contributed by atoms with Gasteiger partial charge in [0.1, 0.15) is 11.6 Å². The Morgan fingerprint density at radius 2 is 2.06 bits per heavy atom. The summed E-state index contributed by atoms with van der Waals surface area (Å²) >= 11 is 3.03. The van der Waals surface area contributed by atoms with E-state index in [4.69, 9.17) is 0 Å². The molecule has 0 radical (unpaired) electrons. The molecule has 0 saturated heterocycles. The van der Waals surface area contributed by atoms with Gasteiger partial charge in [-0.1, -0.05) is 20.3 Å². The summed E-state index contributed by atoms with van der Waals surface area (Å²) in [7, 11) is 0. The van der Waals surface area contributed by atoms with E-state index in [-0.39, 0.29) is 21.4 Å². The Kier molecular flexibility index (Phi) is 3.79. The maximum absolute atomic E-state index is 14.0.